The summed E-state index contributed by atoms with van der Waals surface area (Å²) in [5.74, 6) is -9.94. The summed E-state index contributed by atoms with van der Waals surface area (Å²) in [6.45, 7) is -0.176. The Labute approximate surface area is 122 Å². The van der Waals surface area contributed by atoms with Crippen molar-refractivity contribution in [3.63, 3.8) is 0 Å². The summed E-state index contributed by atoms with van der Waals surface area (Å²) < 4.78 is 106. The first-order valence-corrected chi connectivity index (χ1v) is 10.9. The first-order valence-electron chi connectivity index (χ1n) is 5.16. The number of halogens is 4. The van der Waals surface area contributed by atoms with E-state index in [-0.39, 0.29) is 0 Å². The lowest BCUT2D eigenvalue weighted by Crippen LogP contribution is -2.48. The third kappa shape index (κ3) is 8.17. The lowest BCUT2D eigenvalue weighted by Gasteiger charge is -2.26. The highest BCUT2D eigenvalue weighted by Gasteiger charge is 2.57. The van der Waals surface area contributed by atoms with Crippen molar-refractivity contribution < 1.29 is 47.0 Å². The lowest BCUT2D eigenvalue weighted by molar-refractivity contribution is -0.232. The van der Waals surface area contributed by atoms with E-state index < -0.39 is 55.1 Å². The fourth-order valence-electron chi connectivity index (χ4n) is 0.810. The van der Waals surface area contributed by atoms with Crippen molar-refractivity contribution in [1.82, 2.24) is 0 Å². The van der Waals surface area contributed by atoms with Crippen LogP contribution in [-0.2, 0) is 34.0 Å². The largest absolute Gasteiger partial charge is 0.750 e. The van der Waals surface area contributed by atoms with E-state index >= 15 is 0 Å². The smallest absolute Gasteiger partial charge is 0.390 e. The molecule has 21 heavy (non-hydrogen) atoms. The fourth-order valence-corrected chi connectivity index (χ4v) is 3.99. The maximum absolute atomic E-state index is 13.2. The van der Waals surface area contributed by atoms with Crippen LogP contribution in [0.15, 0.2) is 0 Å². The van der Waals surface area contributed by atoms with E-state index in [4.69, 9.17) is 0 Å². The van der Waals surface area contributed by atoms with E-state index in [1.54, 1.807) is 0 Å². The average Bonchev–Trinajstić information content (AvgIpc) is 2.20. The van der Waals surface area contributed by atoms with Gasteiger partial charge in [-0.25, -0.2) is 8.39 Å². The van der Waals surface area contributed by atoms with Gasteiger partial charge in [-0.15, -0.1) is 0 Å². The van der Waals surface area contributed by atoms with Crippen molar-refractivity contribution in [2.24, 2.45) is 0 Å². The van der Waals surface area contributed by atoms with Gasteiger partial charge in [0.25, 0.3) is 0 Å². The molecule has 0 rings (SSSR count). The second kappa shape index (κ2) is 6.97. The average molecular weight is 377 g/mol. The van der Waals surface area contributed by atoms with E-state index in [0.717, 1.165) is 0 Å². The molecule has 0 bridgehead atoms. The molecule has 0 radical (unpaired) electrons. The van der Waals surface area contributed by atoms with E-state index in [9.17, 15) is 34.7 Å². The third-order valence-corrected chi connectivity index (χ3v) is 5.14. The Morgan fingerprint density at radius 2 is 1.52 bits per heavy atom. The Morgan fingerprint density at radius 3 is 1.90 bits per heavy atom. The molecule has 0 aliphatic heterocycles. The van der Waals surface area contributed by atoms with Crippen molar-refractivity contribution in [3.8, 4) is 0 Å². The summed E-state index contributed by atoms with van der Waals surface area (Å²) in [6.07, 6.45) is 0. The second-order valence-electron chi connectivity index (χ2n) is 4.74. The van der Waals surface area contributed by atoms with Gasteiger partial charge in [0.05, 0.1) is 11.4 Å². The molecule has 0 aromatic carbocycles. The first kappa shape index (κ1) is 20.9. The molecule has 0 heterocycles. The van der Waals surface area contributed by atoms with Gasteiger partial charge in [-0.05, 0) is 19.6 Å². The summed E-state index contributed by atoms with van der Waals surface area (Å²) >= 11 is -3.42. The van der Waals surface area contributed by atoms with Gasteiger partial charge in [0, 0.05) is 0 Å². The molecule has 0 amide bonds. The third-order valence-electron chi connectivity index (χ3n) is 1.61. The molecule has 0 spiro atoms. The van der Waals surface area contributed by atoms with Crippen molar-refractivity contribution in [2.45, 2.75) is 31.5 Å². The lowest BCUT2D eigenvalue weighted by atomic mass is 10.2. The van der Waals surface area contributed by atoms with Crippen LogP contribution in [0.1, 0.15) is 0 Å². The summed E-state index contributed by atoms with van der Waals surface area (Å²) in [5, 5.41) is 0. The van der Waals surface area contributed by atoms with Crippen LogP contribution in [0.4, 0.5) is 17.6 Å². The van der Waals surface area contributed by atoms with E-state index in [2.05, 4.69) is 12.2 Å². The predicted octanol–water partition coefficient (Wildman–Crippen LogP) is 1.18. The Kier molecular flexibility index (Phi) is 6.93. The number of rotatable bonds is 9. The number of hydrogen-bond acceptors (Lipinski definition) is 7. The maximum Gasteiger partial charge on any atom is 0.390 e. The zero-order valence-corrected chi connectivity index (χ0v) is 13.7. The zero-order chi connectivity index (χ0) is 17.1. The minimum absolute atomic E-state index is 1.40. The molecule has 14 heteroatoms. The van der Waals surface area contributed by atoms with Crippen LogP contribution in [0.3, 0.4) is 0 Å². The molecule has 0 fully saturated rings. The molecule has 1 unspecified atom stereocenters. The van der Waals surface area contributed by atoms with Gasteiger partial charge in [-0.1, -0.05) is 0 Å². The van der Waals surface area contributed by atoms with Crippen LogP contribution in [0, 0.1) is 0 Å². The molecule has 128 valence electrons. The van der Waals surface area contributed by atoms with Crippen LogP contribution >= 0.6 is 0 Å². The number of alkyl halides is 4. The molecule has 0 aliphatic carbocycles. The molecule has 0 aliphatic rings. The first-order chi connectivity index (χ1) is 9.08. The molecule has 0 saturated heterocycles. The van der Waals surface area contributed by atoms with Crippen LogP contribution in [0.25, 0.3) is 0 Å². The highest BCUT2D eigenvalue weighted by molar-refractivity contribution is 7.83. The van der Waals surface area contributed by atoms with Gasteiger partial charge < -0.3 is 4.55 Å². The highest BCUT2D eigenvalue weighted by atomic mass is 32.3. The summed E-state index contributed by atoms with van der Waals surface area (Å²) in [7, 11) is -7.59. The van der Waals surface area contributed by atoms with Crippen molar-refractivity contribution in [3.05, 3.63) is 0 Å². The van der Waals surface area contributed by atoms with Crippen molar-refractivity contribution in [1.29, 1.82) is 0 Å². The Morgan fingerprint density at radius 1 is 1.10 bits per heavy atom. The summed E-state index contributed by atoms with van der Waals surface area (Å²) in [5.41, 5.74) is 0. The minimum Gasteiger partial charge on any atom is -0.750 e. The zero-order valence-electron chi connectivity index (χ0n) is 11.1. The van der Waals surface area contributed by atoms with Gasteiger partial charge in [0.2, 0.25) is 8.32 Å². The Balaban J connectivity index is 4.77. The van der Waals surface area contributed by atoms with Crippen LogP contribution in [0.5, 0.6) is 0 Å². The standard InChI is InChI=1S/C7H14F4O7S2Si/c1-21(2,3)18-20(14,15)17-5-7(10,11)6(8,9)4-16-19(12)13/h4-5H2,1-3H3,(H,12,13)/p-1. The fraction of sp³-hybridized carbons (Fsp3) is 1.00. The summed E-state index contributed by atoms with van der Waals surface area (Å²) in [6, 6.07) is 0. The van der Waals surface area contributed by atoms with Crippen LogP contribution in [0.2, 0.25) is 19.6 Å². The molecule has 1 atom stereocenters. The van der Waals surface area contributed by atoms with Gasteiger partial charge in [0.15, 0.2) is 0 Å². The van der Waals surface area contributed by atoms with Gasteiger partial charge in [-0.3, -0.25) is 8.06 Å². The van der Waals surface area contributed by atoms with E-state index in [1.165, 1.54) is 19.6 Å². The minimum atomic E-state index is -4.98. The topological polar surface area (TPSA) is 102 Å². The number of hydrogen-bond donors (Lipinski definition) is 0. The molecule has 0 aromatic heterocycles. The predicted molar refractivity (Wildman–Crippen MR) is 64.1 cm³/mol. The Bertz CT molecular complexity index is 476. The summed E-state index contributed by atoms with van der Waals surface area (Å²) in [4.78, 5) is 0. The van der Waals surface area contributed by atoms with Gasteiger partial charge in [-0.2, -0.15) is 26.0 Å². The Hall–Kier alpha value is -0.123. The normalized spacial score (nSPS) is 16.0. The van der Waals surface area contributed by atoms with Crippen LogP contribution < -0.4 is 0 Å². The molecule has 0 N–H and O–H groups in total. The molecular formula is C7H13F4O7S2Si-. The molecule has 7 nitrogen and oxygen atoms in total. The molecule has 0 saturated carbocycles. The molecule has 0 aromatic rings. The molecular weight excluding hydrogens is 364 g/mol. The second-order valence-corrected chi connectivity index (χ2v) is 11.3. The van der Waals surface area contributed by atoms with Crippen molar-refractivity contribution in [2.75, 3.05) is 13.2 Å². The van der Waals surface area contributed by atoms with E-state index in [0.29, 0.717) is 0 Å². The van der Waals surface area contributed by atoms with E-state index in [1.807, 2.05) is 0 Å². The maximum atomic E-state index is 13.2. The van der Waals surface area contributed by atoms with Crippen molar-refractivity contribution >= 4 is 30.1 Å². The quantitative estimate of drug-likeness (QED) is 0.338. The van der Waals surface area contributed by atoms with Gasteiger partial charge >= 0.3 is 22.2 Å². The highest BCUT2D eigenvalue weighted by Crippen LogP contribution is 2.35. The monoisotopic (exact) mass is 377 g/mol. The van der Waals surface area contributed by atoms with Crippen LogP contribution in [-0.4, -0.2) is 50.6 Å². The SMILES string of the molecule is C[Si](C)(C)OS(=O)(=O)OCC(F)(F)C(F)(F)COS(=O)[O-]. The van der Waals surface area contributed by atoms with Gasteiger partial charge in [0.1, 0.15) is 13.2 Å².